The molecule has 1 N–H and O–H groups in total. The van der Waals surface area contributed by atoms with Gasteiger partial charge in [0.1, 0.15) is 5.75 Å². The van der Waals surface area contributed by atoms with Crippen LogP contribution in [-0.2, 0) is 9.59 Å². The van der Waals surface area contributed by atoms with E-state index >= 15 is 0 Å². The lowest BCUT2D eigenvalue weighted by Gasteiger charge is -2.18. The van der Waals surface area contributed by atoms with Crippen molar-refractivity contribution in [2.75, 3.05) is 0 Å². The highest BCUT2D eigenvalue weighted by molar-refractivity contribution is 6.07. The van der Waals surface area contributed by atoms with Gasteiger partial charge in [-0.3, -0.25) is 9.59 Å². The number of imide groups is 1. The second-order valence-corrected chi connectivity index (χ2v) is 7.05. The Morgan fingerprint density at radius 1 is 1.04 bits per heavy atom. The molecule has 4 aliphatic rings. The molecule has 1 aromatic carbocycles. The predicted octanol–water partition coefficient (Wildman–Crippen LogP) is 1.92. The minimum atomic E-state index is -0.211. The van der Waals surface area contributed by atoms with Crippen LogP contribution >= 0.6 is 0 Å². The molecule has 2 saturated carbocycles. The summed E-state index contributed by atoms with van der Waals surface area (Å²) < 4.78 is 0. The number of carbonyl (C=O) groups excluding carboxylic acids is 2. The van der Waals surface area contributed by atoms with Crippen molar-refractivity contribution >= 4 is 18.0 Å². The molecule has 5 rings (SSSR count). The average Bonchev–Trinajstić information content (AvgIpc) is 3.15. The van der Waals surface area contributed by atoms with E-state index in [2.05, 4.69) is 17.3 Å². The average molecular weight is 308 g/mol. The Balaban J connectivity index is 1.43. The summed E-state index contributed by atoms with van der Waals surface area (Å²) in [5, 5.41) is 14.5. The zero-order valence-electron chi connectivity index (χ0n) is 12.4. The van der Waals surface area contributed by atoms with E-state index in [1.54, 1.807) is 24.3 Å². The molecule has 2 bridgehead atoms. The van der Waals surface area contributed by atoms with Crippen LogP contribution in [0.5, 0.6) is 5.75 Å². The van der Waals surface area contributed by atoms with Crippen LogP contribution in [0, 0.1) is 29.1 Å². The number of hydrogen-bond donors (Lipinski definition) is 1. The molecular formula is C18H16N2O3. The molecule has 23 heavy (non-hydrogen) atoms. The lowest BCUT2D eigenvalue weighted by atomic mass is 9.85. The Morgan fingerprint density at radius 3 is 2.13 bits per heavy atom. The first kappa shape index (κ1) is 13.0. The number of nitrogens with zero attached hydrogens (tertiary/aromatic N) is 2. The van der Waals surface area contributed by atoms with Crippen LogP contribution in [0.15, 0.2) is 41.5 Å². The lowest BCUT2D eigenvalue weighted by Crippen LogP contribution is -2.30. The van der Waals surface area contributed by atoms with Crippen LogP contribution in [0.4, 0.5) is 0 Å². The summed E-state index contributed by atoms with van der Waals surface area (Å²) in [6.07, 6.45) is 8.08. The van der Waals surface area contributed by atoms with Crippen molar-refractivity contribution in [3.63, 3.8) is 0 Å². The number of carbonyl (C=O) groups is 2. The third kappa shape index (κ3) is 1.54. The Bertz CT molecular complexity index is 742. The van der Waals surface area contributed by atoms with Crippen LogP contribution < -0.4 is 0 Å². The summed E-state index contributed by atoms with van der Waals surface area (Å²) in [7, 11) is 0. The number of benzene rings is 1. The molecule has 1 heterocycles. The lowest BCUT2D eigenvalue weighted by molar-refractivity contribution is -0.141. The number of aromatic hydroxyl groups is 1. The van der Waals surface area contributed by atoms with Crippen molar-refractivity contribution in [2.24, 2.45) is 34.2 Å². The van der Waals surface area contributed by atoms with Crippen molar-refractivity contribution < 1.29 is 14.7 Å². The van der Waals surface area contributed by atoms with Gasteiger partial charge in [0.15, 0.2) is 0 Å². The van der Waals surface area contributed by atoms with Crippen molar-refractivity contribution in [1.82, 2.24) is 5.01 Å². The summed E-state index contributed by atoms with van der Waals surface area (Å²) in [5.74, 6) is -0.113. The minimum Gasteiger partial charge on any atom is -0.508 e. The molecule has 1 aliphatic heterocycles. The molecule has 1 spiro atoms. The molecular weight excluding hydrogens is 292 g/mol. The fraction of sp³-hybridized carbons (Fsp3) is 0.389. The van der Waals surface area contributed by atoms with Gasteiger partial charge in [-0.2, -0.15) is 10.1 Å². The van der Waals surface area contributed by atoms with E-state index in [-0.39, 0.29) is 46.7 Å². The highest BCUT2D eigenvalue weighted by atomic mass is 16.3. The summed E-state index contributed by atoms with van der Waals surface area (Å²) in [5.41, 5.74) is 0.952. The summed E-state index contributed by atoms with van der Waals surface area (Å²) in [6.45, 7) is 0. The number of phenolic OH excluding ortho intramolecular Hbond substituents is 1. The Labute approximate surface area is 133 Å². The van der Waals surface area contributed by atoms with E-state index < -0.39 is 0 Å². The van der Waals surface area contributed by atoms with Gasteiger partial charge in [0.2, 0.25) is 0 Å². The van der Waals surface area contributed by atoms with Crippen LogP contribution in [0.1, 0.15) is 18.4 Å². The highest BCUT2D eigenvalue weighted by Gasteiger charge is 2.73. The summed E-state index contributed by atoms with van der Waals surface area (Å²) >= 11 is 0. The van der Waals surface area contributed by atoms with Crippen molar-refractivity contribution in [2.45, 2.75) is 12.8 Å². The van der Waals surface area contributed by atoms with Gasteiger partial charge in [0.05, 0.1) is 18.1 Å². The van der Waals surface area contributed by atoms with Crippen LogP contribution in [0.3, 0.4) is 0 Å². The predicted molar refractivity (Wildman–Crippen MR) is 82.3 cm³/mol. The molecule has 5 nitrogen and oxygen atoms in total. The van der Waals surface area contributed by atoms with E-state index in [0.717, 1.165) is 23.4 Å². The van der Waals surface area contributed by atoms with E-state index in [9.17, 15) is 14.7 Å². The van der Waals surface area contributed by atoms with Crippen LogP contribution in [0.25, 0.3) is 0 Å². The maximum atomic E-state index is 12.7. The molecule has 0 aromatic heterocycles. The molecule has 1 aromatic rings. The number of amides is 2. The van der Waals surface area contributed by atoms with Gasteiger partial charge in [0, 0.05) is 0 Å². The van der Waals surface area contributed by atoms with E-state index in [1.807, 2.05) is 0 Å². The quantitative estimate of drug-likeness (QED) is 0.515. The Kier molecular flexibility index (Phi) is 2.33. The van der Waals surface area contributed by atoms with E-state index in [4.69, 9.17) is 0 Å². The monoisotopic (exact) mass is 308 g/mol. The normalized spacial score (nSPS) is 35.7. The maximum absolute atomic E-state index is 12.7. The standard InChI is InChI=1S/C18H16N2O3/c21-11-3-1-10(2-4-11)9-19-20-16(22)14-12-5-6-13(15(14)17(20)23)18(12)7-8-18/h1-6,9,12-15,21H,7-8H2/b19-9-/t12-,13-,14-,15+/m1/s1. The van der Waals surface area contributed by atoms with Crippen LogP contribution in [0.2, 0.25) is 0 Å². The summed E-state index contributed by atoms with van der Waals surface area (Å²) in [6, 6.07) is 6.47. The second kappa shape index (κ2) is 4.10. The van der Waals surface area contributed by atoms with Crippen LogP contribution in [-0.4, -0.2) is 28.1 Å². The second-order valence-electron chi connectivity index (χ2n) is 7.05. The van der Waals surface area contributed by atoms with Crippen molar-refractivity contribution in [3.05, 3.63) is 42.0 Å². The third-order valence-corrected chi connectivity index (χ3v) is 6.04. The number of rotatable bonds is 2. The molecule has 0 unspecified atom stereocenters. The van der Waals surface area contributed by atoms with E-state index in [1.165, 1.54) is 6.21 Å². The maximum Gasteiger partial charge on any atom is 0.254 e. The van der Waals surface area contributed by atoms with Gasteiger partial charge in [-0.15, -0.1) is 0 Å². The Morgan fingerprint density at radius 2 is 1.61 bits per heavy atom. The molecule has 4 atom stereocenters. The molecule has 3 fully saturated rings. The first-order valence-electron chi connectivity index (χ1n) is 8.01. The number of fused-ring (bicyclic) bond motifs is 3. The van der Waals surface area contributed by atoms with E-state index in [0.29, 0.717) is 0 Å². The van der Waals surface area contributed by atoms with Gasteiger partial charge in [0.25, 0.3) is 11.8 Å². The molecule has 2 amide bonds. The van der Waals surface area contributed by atoms with Gasteiger partial charge in [-0.1, -0.05) is 12.2 Å². The summed E-state index contributed by atoms with van der Waals surface area (Å²) in [4.78, 5) is 25.4. The SMILES string of the molecule is O=C1[C@@H]2[C@H](C(=O)N1/N=C\c1ccc(O)cc1)[C@H]1C=C[C@H]2C12CC2. The molecule has 0 radical (unpaired) electrons. The smallest absolute Gasteiger partial charge is 0.254 e. The first-order chi connectivity index (χ1) is 11.1. The molecule has 3 aliphatic carbocycles. The molecule has 116 valence electrons. The number of phenols is 1. The fourth-order valence-corrected chi connectivity index (χ4v) is 4.86. The first-order valence-corrected chi connectivity index (χ1v) is 8.01. The van der Waals surface area contributed by atoms with Crippen molar-refractivity contribution in [3.8, 4) is 5.75 Å². The third-order valence-electron chi connectivity index (χ3n) is 6.04. The minimum absolute atomic E-state index is 0.154. The van der Waals surface area contributed by atoms with Gasteiger partial charge >= 0.3 is 0 Å². The zero-order valence-corrected chi connectivity index (χ0v) is 12.4. The largest absolute Gasteiger partial charge is 0.508 e. The number of hydrogen-bond acceptors (Lipinski definition) is 4. The topological polar surface area (TPSA) is 70.0 Å². The Hall–Kier alpha value is -2.43. The fourth-order valence-electron chi connectivity index (χ4n) is 4.86. The molecule has 1 saturated heterocycles. The molecule has 5 heteroatoms. The zero-order chi connectivity index (χ0) is 15.8. The van der Waals surface area contributed by atoms with Gasteiger partial charge < -0.3 is 5.11 Å². The highest BCUT2D eigenvalue weighted by Crippen LogP contribution is 2.73. The van der Waals surface area contributed by atoms with Gasteiger partial charge in [-0.05, 0) is 59.9 Å². The number of hydrazone groups is 1. The number of allylic oxidation sites excluding steroid dienone is 2. The van der Waals surface area contributed by atoms with Gasteiger partial charge in [-0.25, -0.2) is 0 Å². The van der Waals surface area contributed by atoms with Crippen molar-refractivity contribution in [1.29, 1.82) is 0 Å².